The first kappa shape index (κ1) is 13.0. The maximum Gasteiger partial charge on any atom is 0.318 e. The second-order valence-corrected chi connectivity index (χ2v) is 4.57. The van der Waals surface area contributed by atoms with Crippen molar-refractivity contribution in [1.29, 1.82) is 0 Å². The van der Waals surface area contributed by atoms with Crippen LogP contribution in [0.3, 0.4) is 0 Å². The minimum Gasteiger partial charge on any atom is -0.374 e. The Morgan fingerprint density at radius 1 is 1.25 bits per heavy atom. The van der Waals surface area contributed by atoms with Gasteiger partial charge in [-0.1, -0.05) is 6.07 Å². The van der Waals surface area contributed by atoms with Crippen molar-refractivity contribution in [3.05, 3.63) is 27.1 Å². The van der Waals surface area contributed by atoms with Gasteiger partial charge in [0.2, 0.25) is 5.91 Å². The number of hydrogen-bond acceptors (Lipinski definition) is 3. The predicted molar refractivity (Wildman–Crippen MR) is 68.1 cm³/mol. The number of primary amides is 1. The summed E-state index contributed by atoms with van der Waals surface area (Å²) in [6, 6.07) is 4.65. The molecular formula is C9H9Br2N3O2. The number of rotatable bonds is 3. The van der Waals surface area contributed by atoms with Crippen LogP contribution in [0.15, 0.2) is 27.1 Å². The molecule has 0 saturated carbocycles. The summed E-state index contributed by atoms with van der Waals surface area (Å²) in [6.07, 6.45) is 0. The minimum atomic E-state index is -0.863. The number of halogens is 2. The summed E-state index contributed by atoms with van der Waals surface area (Å²) < 4.78 is 1.63. The molecule has 0 aliphatic heterocycles. The van der Waals surface area contributed by atoms with Gasteiger partial charge in [0, 0.05) is 8.95 Å². The van der Waals surface area contributed by atoms with Gasteiger partial charge >= 0.3 is 6.03 Å². The number of nitrogens with one attached hydrogen (secondary N) is 2. The van der Waals surface area contributed by atoms with E-state index in [0.717, 1.165) is 14.6 Å². The molecule has 0 aliphatic rings. The number of hydrogen-bond donors (Lipinski definition) is 3. The number of amides is 3. The van der Waals surface area contributed by atoms with Crippen LogP contribution in [0.4, 0.5) is 10.5 Å². The Balaban J connectivity index is 2.61. The Bertz CT molecular complexity index is 403. The monoisotopic (exact) mass is 349 g/mol. The third-order valence-corrected chi connectivity index (χ3v) is 2.97. The number of anilines is 1. The Morgan fingerprint density at radius 3 is 2.31 bits per heavy atom. The van der Waals surface area contributed by atoms with Crippen LogP contribution in [0.5, 0.6) is 0 Å². The molecule has 16 heavy (non-hydrogen) atoms. The molecule has 0 aliphatic carbocycles. The fourth-order valence-corrected chi connectivity index (χ4v) is 2.30. The van der Waals surface area contributed by atoms with E-state index in [0.29, 0.717) is 0 Å². The van der Waals surface area contributed by atoms with E-state index in [-0.39, 0.29) is 6.54 Å². The third kappa shape index (κ3) is 3.82. The van der Waals surface area contributed by atoms with Gasteiger partial charge in [-0.2, -0.15) is 0 Å². The molecule has 0 unspecified atom stereocenters. The van der Waals surface area contributed by atoms with Crippen LogP contribution >= 0.6 is 31.9 Å². The van der Waals surface area contributed by atoms with Crippen molar-refractivity contribution in [2.45, 2.75) is 0 Å². The van der Waals surface area contributed by atoms with Gasteiger partial charge in [0.25, 0.3) is 0 Å². The van der Waals surface area contributed by atoms with Gasteiger partial charge in [0.05, 0.1) is 12.2 Å². The van der Waals surface area contributed by atoms with Gasteiger partial charge in [0.15, 0.2) is 0 Å². The van der Waals surface area contributed by atoms with Crippen LogP contribution < -0.4 is 16.4 Å². The van der Waals surface area contributed by atoms with Gasteiger partial charge in [-0.3, -0.25) is 10.1 Å². The van der Waals surface area contributed by atoms with Crippen molar-refractivity contribution >= 4 is 49.5 Å². The van der Waals surface area contributed by atoms with Crippen molar-refractivity contribution in [3.8, 4) is 0 Å². The highest BCUT2D eigenvalue weighted by Gasteiger charge is 2.07. The smallest absolute Gasteiger partial charge is 0.318 e. The quantitative estimate of drug-likeness (QED) is 0.777. The molecule has 0 saturated heterocycles. The van der Waals surface area contributed by atoms with E-state index in [1.807, 2.05) is 23.5 Å². The average Bonchev–Trinajstić information content (AvgIpc) is 2.15. The predicted octanol–water partition coefficient (Wildman–Crippen LogP) is 1.82. The van der Waals surface area contributed by atoms with Crippen molar-refractivity contribution in [2.75, 3.05) is 11.9 Å². The minimum absolute atomic E-state index is 0.0375. The zero-order valence-corrected chi connectivity index (χ0v) is 11.3. The number of carbonyl (C=O) groups is 2. The highest BCUT2D eigenvalue weighted by Crippen LogP contribution is 2.30. The Morgan fingerprint density at radius 2 is 1.81 bits per heavy atom. The Hall–Kier alpha value is -1.08. The summed E-state index contributed by atoms with van der Waals surface area (Å²) in [7, 11) is 0. The molecule has 0 aromatic heterocycles. The zero-order valence-electron chi connectivity index (χ0n) is 8.09. The lowest BCUT2D eigenvalue weighted by atomic mass is 10.3. The van der Waals surface area contributed by atoms with Crippen LogP contribution in [-0.4, -0.2) is 18.5 Å². The fraction of sp³-hybridized carbons (Fsp3) is 0.111. The summed E-state index contributed by atoms with van der Waals surface area (Å²) in [4.78, 5) is 21.5. The molecule has 1 aromatic carbocycles. The van der Waals surface area contributed by atoms with E-state index in [9.17, 15) is 9.59 Å². The largest absolute Gasteiger partial charge is 0.374 e. The van der Waals surface area contributed by atoms with Crippen LogP contribution in [-0.2, 0) is 4.79 Å². The van der Waals surface area contributed by atoms with Crippen molar-refractivity contribution in [3.63, 3.8) is 0 Å². The van der Waals surface area contributed by atoms with Gasteiger partial charge in [-0.05, 0) is 44.0 Å². The standard InChI is InChI=1S/C9H9Br2N3O2/c10-5-2-1-3-6(11)8(5)13-4-7(15)14-9(12)16/h1-3,13H,4H2,(H3,12,14,15,16). The summed E-state index contributed by atoms with van der Waals surface area (Å²) in [5.74, 6) is -0.491. The zero-order chi connectivity index (χ0) is 12.1. The molecule has 1 aromatic rings. The second-order valence-electron chi connectivity index (χ2n) is 2.86. The van der Waals surface area contributed by atoms with Gasteiger partial charge in [-0.15, -0.1) is 0 Å². The van der Waals surface area contributed by atoms with Crippen LogP contribution in [0.1, 0.15) is 0 Å². The number of benzene rings is 1. The average molecular weight is 351 g/mol. The summed E-state index contributed by atoms with van der Waals surface area (Å²) in [5, 5.41) is 4.83. The number of urea groups is 1. The van der Waals surface area contributed by atoms with Crippen LogP contribution in [0.25, 0.3) is 0 Å². The first-order valence-corrected chi connectivity index (χ1v) is 5.86. The van der Waals surface area contributed by atoms with E-state index < -0.39 is 11.9 Å². The molecule has 0 fully saturated rings. The summed E-state index contributed by atoms with van der Waals surface area (Å²) in [6.45, 7) is -0.0375. The Labute approximate surface area is 109 Å². The number of carbonyl (C=O) groups excluding carboxylic acids is 2. The second kappa shape index (κ2) is 5.86. The molecule has 0 bridgehead atoms. The van der Waals surface area contributed by atoms with E-state index >= 15 is 0 Å². The molecule has 4 N–H and O–H groups in total. The van der Waals surface area contributed by atoms with Gasteiger partial charge in [-0.25, -0.2) is 4.79 Å². The molecule has 5 nitrogen and oxygen atoms in total. The molecule has 7 heteroatoms. The number of nitrogens with two attached hydrogens (primary N) is 1. The van der Waals surface area contributed by atoms with E-state index in [1.54, 1.807) is 0 Å². The molecule has 1 rings (SSSR count). The van der Waals surface area contributed by atoms with E-state index in [4.69, 9.17) is 5.73 Å². The molecule has 0 radical (unpaired) electrons. The molecule has 0 heterocycles. The topological polar surface area (TPSA) is 84.2 Å². The van der Waals surface area contributed by atoms with Crippen molar-refractivity contribution < 1.29 is 9.59 Å². The number of imide groups is 1. The molecule has 0 spiro atoms. The van der Waals surface area contributed by atoms with Crippen LogP contribution in [0, 0.1) is 0 Å². The highest BCUT2D eigenvalue weighted by atomic mass is 79.9. The van der Waals surface area contributed by atoms with Gasteiger partial charge in [0.1, 0.15) is 0 Å². The third-order valence-electron chi connectivity index (χ3n) is 1.65. The van der Waals surface area contributed by atoms with Crippen molar-refractivity contribution in [2.24, 2.45) is 5.73 Å². The SMILES string of the molecule is NC(=O)NC(=O)CNc1c(Br)cccc1Br. The summed E-state index contributed by atoms with van der Waals surface area (Å²) >= 11 is 6.66. The lowest BCUT2D eigenvalue weighted by Crippen LogP contribution is -2.38. The fourth-order valence-electron chi connectivity index (χ4n) is 1.02. The number of para-hydroxylation sites is 1. The first-order chi connectivity index (χ1) is 7.50. The molecule has 0 atom stereocenters. The van der Waals surface area contributed by atoms with Crippen LogP contribution in [0.2, 0.25) is 0 Å². The maximum atomic E-state index is 11.1. The molecular weight excluding hydrogens is 342 g/mol. The lowest BCUT2D eigenvalue weighted by Gasteiger charge is -2.09. The van der Waals surface area contributed by atoms with E-state index in [1.165, 1.54) is 0 Å². The Kier molecular flexibility index (Phi) is 4.75. The highest BCUT2D eigenvalue weighted by molar-refractivity contribution is 9.11. The van der Waals surface area contributed by atoms with Crippen molar-refractivity contribution in [1.82, 2.24) is 5.32 Å². The molecule has 86 valence electrons. The normalized spacial score (nSPS) is 9.62. The summed E-state index contributed by atoms with van der Waals surface area (Å²) in [5.41, 5.74) is 5.54. The lowest BCUT2D eigenvalue weighted by molar-refractivity contribution is -0.118. The molecule has 3 amide bonds. The van der Waals surface area contributed by atoms with Gasteiger partial charge < -0.3 is 11.1 Å². The maximum absolute atomic E-state index is 11.1. The van der Waals surface area contributed by atoms with E-state index in [2.05, 4.69) is 37.2 Å². The first-order valence-electron chi connectivity index (χ1n) is 4.28.